The van der Waals surface area contributed by atoms with Crippen LogP contribution >= 0.6 is 0 Å². The third kappa shape index (κ3) is 2.16. The number of rotatable bonds is 3. The molecule has 1 aliphatic rings. The summed E-state index contributed by atoms with van der Waals surface area (Å²) < 4.78 is 9.89. The quantitative estimate of drug-likeness (QED) is 0.756. The van der Waals surface area contributed by atoms with Crippen molar-refractivity contribution < 1.29 is 19.1 Å². The number of hydrogen-bond donors (Lipinski definition) is 0. The van der Waals surface area contributed by atoms with Gasteiger partial charge in [0.25, 0.3) is 0 Å². The fourth-order valence-electron chi connectivity index (χ4n) is 2.12. The third-order valence-electron chi connectivity index (χ3n) is 3.04. The minimum atomic E-state index is -0.396. The SMILES string of the molecule is COC(=O)[C@H]1CC(=O)N(c2ccccc2OC)C1. The van der Waals surface area contributed by atoms with Crippen molar-refractivity contribution in [1.29, 1.82) is 0 Å². The molecule has 1 aromatic rings. The first kappa shape index (κ1) is 12.4. The highest BCUT2D eigenvalue weighted by atomic mass is 16.5. The second-order valence-electron chi connectivity index (χ2n) is 4.10. The Morgan fingerprint density at radius 2 is 2.06 bits per heavy atom. The molecule has 0 N–H and O–H groups in total. The van der Waals surface area contributed by atoms with Gasteiger partial charge in [-0.15, -0.1) is 0 Å². The summed E-state index contributed by atoms with van der Waals surface area (Å²) in [6.45, 7) is 0.339. The number of benzene rings is 1. The van der Waals surface area contributed by atoms with Gasteiger partial charge in [0.05, 0.1) is 25.8 Å². The Bertz CT molecular complexity index is 472. The van der Waals surface area contributed by atoms with E-state index < -0.39 is 5.92 Å². The van der Waals surface area contributed by atoms with Gasteiger partial charge in [-0.05, 0) is 12.1 Å². The number of hydrogen-bond acceptors (Lipinski definition) is 4. The first-order valence-corrected chi connectivity index (χ1v) is 5.68. The summed E-state index contributed by atoms with van der Waals surface area (Å²) in [6.07, 6.45) is 0.185. The number of carbonyl (C=O) groups excluding carboxylic acids is 2. The zero-order valence-corrected chi connectivity index (χ0v) is 10.4. The van der Waals surface area contributed by atoms with Crippen LogP contribution in [0.15, 0.2) is 24.3 Å². The van der Waals surface area contributed by atoms with E-state index in [-0.39, 0.29) is 18.3 Å². The first-order chi connectivity index (χ1) is 8.67. The molecule has 0 aliphatic carbocycles. The summed E-state index contributed by atoms with van der Waals surface area (Å²) in [7, 11) is 2.88. The zero-order valence-electron chi connectivity index (χ0n) is 10.4. The molecule has 0 saturated carbocycles. The van der Waals surface area contributed by atoms with Crippen molar-refractivity contribution in [3.63, 3.8) is 0 Å². The summed E-state index contributed by atoms with van der Waals surface area (Å²) in [5, 5.41) is 0. The molecule has 5 nitrogen and oxygen atoms in total. The Morgan fingerprint density at radius 3 is 2.72 bits per heavy atom. The molecule has 96 valence electrons. The Kier molecular flexibility index (Phi) is 3.50. The van der Waals surface area contributed by atoms with Gasteiger partial charge >= 0.3 is 5.97 Å². The molecule has 0 radical (unpaired) electrons. The Labute approximate surface area is 105 Å². The minimum absolute atomic E-state index is 0.0881. The predicted molar refractivity (Wildman–Crippen MR) is 65.5 cm³/mol. The van der Waals surface area contributed by atoms with Gasteiger partial charge in [-0.2, -0.15) is 0 Å². The van der Waals surface area contributed by atoms with Crippen LogP contribution in [0.3, 0.4) is 0 Å². The van der Waals surface area contributed by atoms with Crippen molar-refractivity contribution >= 4 is 17.6 Å². The van der Waals surface area contributed by atoms with E-state index in [0.29, 0.717) is 18.0 Å². The lowest BCUT2D eigenvalue weighted by Crippen LogP contribution is -2.26. The minimum Gasteiger partial charge on any atom is -0.495 e. The molecular weight excluding hydrogens is 234 g/mol. The molecule has 1 heterocycles. The van der Waals surface area contributed by atoms with Gasteiger partial charge in [0, 0.05) is 13.0 Å². The Hall–Kier alpha value is -2.04. The molecular formula is C13H15NO4. The highest BCUT2D eigenvalue weighted by Gasteiger charge is 2.36. The Balaban J connectivity index is 2.24. The fraction of sp³-hybridized carbons (Fsp3) is 0.385. The number of nitrogens with zero attached hydrogens (tertiary/aromatic N) is 1. The van der Waals surface area contributed by atoms with E-state index in [2.05, 4.69) is 4.74 Å². The lowest BCUT2D eigenvalue weighted by Gasteiger charge is -2.19. The molecule has 0 spiro atoms. The molecule has 0 bridgehead atoms. The van der Waals surface area contributed by atoms with Gasteiger partial charge in [-0.25, -0.2) is 0 Å². The van der Waals surface area contributed by atoms with Gasteiger partial charge in [0.1, 0.15) is 5.75 Å². The van der Waals surface area contributed by atoms with Crippen LogP contribution in [0, 0.1) is 5.92 Å². The number of amides is 1. The van der Waals surface area contributed by atoms with Crippen molar-refractivity contribution in [3.8, 4) is 5.75 Å². The standard InChI is InChI=1S/C13H15NO4/c1-17-11-6-4-3-5-10(11)14-8-9(7-12(14)15)13(16)18-2/h3-6,9H,7-8H2,1-2H3/t9-/m0/s1. The molecule has 1 aliphatic heterocycles. The van der Waals surface area contributed by atoms with Crippen molar-refractivity contribution in [3.05, 3.63) is 24.3 Å². The van der Waals surface area contributed by atoms with E-state index in [0.717, 1.165) is 0 Å². The topological polar surface area (TPSA) is 55.8 Å². The molecule has 5 heteroatoms. The van der Waals surface area contributed by atoms with Gasteiger partial charge in [-0.1, -0.05) is 12.1 Å². The van der Waals surface area contributed by atoms with Crippen LogP contribution in [0.25, 0.3) is 0 Å². The van der Waals surface area contributed by atoms with E-state index in [9.17, 15) is 9.59 Å². The smallest absolute Gasteiger partial charge is 0.311 e. The summed E-state index contributed by atoms with van der Waals surface area (Å²) in [4.78, 5) is 25.0. The molecule has 18 heavy (non-hydrogen) atoms. The van der Waals surface area contributed by atoms with Crippen LogP contribution in [0.2, 0.25) is 0 Å². The monoisotopic (exact) mass is 249 g/mol. The van der Waals surface area contributed by atoms with Crippen molar-refractivity contribution in [2.24, 2.45) is 5.92 Å². The van der Waals surface area contributed by atoms with Gasteiger partial charge in [0.15, 0.2) is 0 Å². The van der Waals surface area contributed by atoms with E-state index in [1.54, 1.807) is 24.1 Å². The second kappa shape index (κ2) is 5.08. The number of para-hydroxylation sites is 2. The predicted octanol–water partition coefficient (Wildman–Crippen LogP) is 1.22. The van der Waals surface area contributed by atoms with E-state index >= 15 is 0 Å². The van der Waals surface area contributed by atoms with Crippen LogP contribution in [0.4, 0.5) is 5.69 Å². The van der Waals surface area contributed by atoms with Gasteiger partial charge < -0.3 is 14.4 Å². The summed E-state index contributed by atoms with van der Waals surface area (Å²) >= 11 is 0. The molecule has 1 amide bonds. The highest BCUT2D eigenvalue weighted by Crippen LogP contribution is 2.32. The van der Waals surface area contributed by atoms with Gasteiger partial charge in [0.2, 0.25) is 5.91 Å². The molecule has 1 fully saturated rings. The summed E-state index contributed by atoms with van der Waals surface area (Å²) in [5.41, 5.74) is 0.691. The third-order valence-corrected chi connectivity index (χ3v) is 3.04. The maximum Gasteiger partial charge on any atom is 0.311 e. The number of carbonyl (C=O) groups is 2. The van der Waals surface area contributed by atoms with Crippen LogP contribution in [0.5, 0.6) is 5.75 Å². The molecule has 1 aromatic carbocycles. The fourth-order valence-corrected chi connectivity index (χ4v) is 2.12. The van der Waals surface area contributed by atoms with E-state index in [4.69, 9.17) is 4.74 Å². The average Bonchev–Trinajstić information content (AvgIpc) is 2.79. The summed E-state index contributed by atoms with van der Waals surface area (Å²) in [5.74, 6) is -0.209. The molecule has 0 aromatic heterocycles. The molecule has 0 unspecified atom stereocenters. The summed E-state index contributed by atoms with van der Waals surface area (Å²) in [6, 6.07) is 7.25. The van der Waals surface area contributed by atoms with Crippen molar-refractivity contribution in [1.82, 2.24) is 0 Å². The maximum absolute atomic E-state index is 11.9. The lowest BCUT2D eigenvalue weighted by molar-refractivity contribution is -0.145. The first-order valence-electron chi connectivity index (χ1n) is 5.68. The van der Waals surface area contributed by atoms with Crippen LogP contribution in [-0.4, -0.2) is 32.6 Å². The average molecular weight is 249 g/mol. The maximum atomic E-state index is 11.9. The lowest BCUT2D eigenvalue weighted by atomic mass is 10.1. The van der Waals surface area contributed by atoms with Crippen LogP contribution < -0.4 is 9.64 Å². The van der Waals surface area contributed by atoms with E-state index in [1.165, 1.54) is 7.11 Å². The Morgan fingerprint density at radius 1 is 1.33 bits per heavy atom. The largest absolute Gasteiger partial charge is 0.495 e. The van der Waals surface area contributed by atoms with Crippen molar-refractivity contribution in [2.45, 2.75) is 6.42 Å². The molecule has 2 rings (SSSR count). The number of methoxy groups -OCH3 is 2. The second-order valence-corrected chi connectivity index (χ2v) is 4.10. The highest BCUT2D eigenvalue weighted by molar-refractivity contribution is 6.00. The van der Waals surface area contributed by atoms with E-state index in [1.807, 2.05) is 12.1 Å². The van der Waals surface area contributed by atoms with Gasteiger partial charge in [-0.3, -0.25) is 9.59 Å². The van der Waals surface area contributed by atoms with Crippen molar-refractivity contribution in [2.75, 3.05) is 25.7 Å². The molecule has 1 saturated heterocycles. The zero-order chi connectivity index (χ0) is 13.1. The van der Waals surface area contributed by atoms with Crippen LogP contribution in [-0.2, 0) is 14.3 Å². The number of esters is 1. The number of anilines is 1. The normalized spacial score (nSPS) is 18.9. The molecule has 1 atom stereocenters. The van der Waals surface area contributed by atoms with Crippen LogP contribution in [0.1, 0.15) is 6.42 Å². The number of ether oxygens (including phenoxy) is 2.